The van der Waals surface area contributed by atoms with Crippen LogP contribution in [0.4, 0.5) is 0 Å². The Kier molecular flexibility index (Phi) is 6.12. The highest BCUT2D eigenvalue weighted by Gasteiger charge is 2.60. The number of fused-ring (bicyclic) bond motifs is 2. The minimum absolute atomic E-state index is 0.00773. The van der Waals surface area contributed by atoms with Gasteiger partial charge in [-0.2, -0.15) is 0 Å². The quantitative estimate of drug-likeness (QED) is 0.521. The topological polar surface area (TPSA) is 50.2 Å². The van der Waals surface area contributed by atoms with Crippen molar-refractivity contribution in [3.63, 3.8) is 0 Å². The highest BCUT2D eigenvalue weighted by molar-refractivity contribution is 5.77. The minimum atomic E-state index is -0.00773. The summed E-state index contributed by atoms with van der Waals surface area (Å²) in [4.78, 5) is 14.1. The number of amides is 1. The Balaban J connectivity index is 1.71. The second kappa shape index (κ2) is 7.52. The number of carbonyl (C=O) groups excluding carboxylic acids is 1. The standard InChI is InChI=1S/C19H37N3O/c1-6-22(7-2)12-8-11-20-14-17(23)21-19(5)16-10-9-15(13-16)18(19,3)4/h15-16,20H,6-14H2,1-5H3,(H,21,23)/p+2/t15-,16+,19+/m1/s1. The molecule has 23 heavy (non-hydrogen) atoms. The summed E-state index contributed by atoms with van der Waals surface area (Å²) in [6.07, 6.45) is 5.14. The number of nitrogens with two attached hydrogens (primary N) is 1. The van der Waals surface area contributed by atoms with E-state index in [-0.39, 0.29) is 16.9 Å². The highest BCUT2D eigenvalue weighted by atomic mass is 16.2. The first-order valence-corrected chi connectivity index (χ1v) is 9.81. The third-order valence-corrected chi connectivity index (χ3v) is 7.28. The van der Waals surface area contributed by atoms with Crippen LogP contribution < -0.4 is 15.5 Å². The van der Waals surface area contributed by atoms with Crippen LogP contribution in [0.3, 0.4) is 0 Å². The fourth-order valence-electron chi connectivity index (χ4n) is 5.05. The predicted octanol–water partition coefficient (Wildman–Crippen LogP) is 0.196. The molecule has 1 amide bonds. The van der Waals surface area contributed by atoms with E-state index in [1.807, 2.05) is 0 Å². The summed E-state index contributed by atoms with van der Waals surface area (Å²) in [6, 6.07) is 0. The Morgan fingerprint density at radius 1 is 1.17 bits per heavy atom. The summed E-state index contributed by atoms with van der Waals surface area (Å²) >= 11 is 0. The SMILES string of the molecule is CC[NH+](CC)CCC[NH2+]CC(=O)N[C@@]1(C)[C@H]2CC[C@H](C2)C1(C)C. The molecule has 2 rings (SSSR count). The number of quaternary nitrogens is 2. The Labute approximate surface area is 142 Å². The van der Waals surface area contributed by atoms with Gasteiger partial charge in [0.1, 0.15) is 0 Å². The first kappa shape index (κ1) is 18.7. The number of rotatable bonds is 9. The normalized spacial score (nSPS) is 31.7. The monoisotopic (exact) mass is 325 g/mol. The van der Waals surface area contributed by atoms with E-state index in [1.54, 1.807) is 4.90 Å². The van der Waals surface area contributed by atoms with E-state index in [9.17, 15) is 4.79 Å². The molecule has 0 radical (unpaired) electrons. The van der Waals surface area contributed by atoms with Gasteiger partial charge in [0.15, 0.2) is 6.54 Å². The van der Waals surface area contributed by atoms with E-state index in [0.29, 0.717) is 12.5 Å². The highest BCUT2D eigenvalue weighted by Crippen LogP contribution is 2.61. The Morgan fingerprint density at radius 3 is 2.39 bits per heavy atom. The molecule has 2 saturated carbocycles. The summed E-state index contributed by atoms with van der Waals surface area (Å²) in [5, 5.41) is 5.61. The van der Waals surface area contributed by atoms with Crippen molar-refractivity contribution in [2.24, 2.45) is 17.3 Å². The van der Waals surface area contributed by atoms with Crippen LogP contribution in [0.1, 0.15) is 60.3 Å². The maximum Gasteiger partial charge on any atom is 0.275 e. The summed E-state index contributed by atoms with van der Waals surface area (Å²) in [5.74, 6) is 1.69. The number of nitrogens with one attached hydrogen (secondary N) is 2. The van der Waals surface area contributed by atoms with Gasteiger partial charge in [0, 0.05) is 12.0 Å². The molecule has 0 aromatic heterocycles. The summed E-state index contributed by atoms with van der Waals surface area (Å²) in [6.45, 7) is 16.8. The fourth-order valence-corrected chi connectivity index (χ4v) is 5.05. The molecule has 0 aromatic carbocycles. The van der Waals surface area contributed by atoms with Crippen LogP contribution >= 0.6 is 0 Å². The number of hydrogen-bond acceptors (Lipinski definition) is 1. The average molecular weight is 326 g/mol. The second-order valence-electron chi connectivity index (χ2n) is 8.52. The van der Waals surface area contributed by atoms with Gasteiger partial charge in [-0.25, -0.2) is 0 Å². The van der Waals surface area contributed by atoms with Crippen molar-refractivity contribution in [3.8, 4) is 0 Å². The van der Waals surface area contributed by atoms with Gasteiger partial charge < -0.3 is 15.5 Å². The molecular weight excluding hydrogens is 286 g/mol. The van der Waals surface area contributed by atoms with Crippen molar-refractivity contribution in [2.75, 3.05) is 32.7 Å². The molecule has 0 spiro atoms. The van der Waals surface area contributed by atoms with Crippen molar-refractivity contribution in [2.45, 2.75) is 65.8 Å². The van der Waals surface area contributed by atoms with Crippen LogP contribution in [0, 0.1) is 17.3 Å². The summed E-state index contributed by atoms with van der Waals surface area (Å²) in [7, 11) is 0. The van der Waals surface area contributed by atoms with Crippen molar-refractivity contribution in [1.29, 1.82) is 0 Å². The van der Waals surface area contributed by atoms with E-state index >= 15 is 0 Å². The van der Waals surface area contributed by atoms with E-state index in [1.165, 1.54) is 45.3 Å². The molecule has 134 valence electrons. The van der Waals surface area contributed by atoms with E-state index in [2.05, 4.69) is 45.3 Å². The molecule has 0 heterocycles. The number of hydrogen-bond donors (Lipinski definition) is 3. The van der Waals surface area contributed by atoms with Crippen LogP contribution in [0.5, 0.6) is 0 Å². The summed E-state index contributed by atoms with van der Waals surface area (Å²) in [5.41, 5.74) is 0.226. The third kappa shape index (κ3) is 3.74. The smallest absolute Gasteiger partial charge is 0.275 e. The average Bonchev–Trinajstić information content (AvgIpc) is 3.06. The van der Waals surface area contributed by atoms with Crippen LogP contribution in [-0.4, -0.2) is 44.2 Å². The Morgan fingerprint density at radius 2 is 1.83 bits per heavy atom. The van der Waals surface area contributed by atoms with Crippen molar-refractivity contribution < 1.29 is 15.0 Å². The molecule has 4 N–H and O–H groups in total. The zero-order valence-corrected chi connectivity index (χ0v) is 16.0. The van der Waals surface area contributed by atoms with Gasteiger partial charge in [0.05, 0.1) is 26.2 Å². The van der Waals surface area contributed by atoms with Gasteiger partial charge in [-0.15, -0.1) is 0 Å². The molecule has 2 aliphatic rings. The van der Waals surface area contributed by atoms with E-state index < -0.39 is 0 Å². The van der Waals surface area contributed by atoms with Crippen LogP contribution in [0.15, 0.2) is 0 Å². The molecule has 4 heteroatoms. The van der Waals surface area contributed by atoms with Crippen LogP contribution in [0.25, 0.3) is 0 Å². The van der Waals surface area contributed by atoms with Crippen LogP contribution in [0.2, 0.25) is 0 Å². The first-order valence-electron chi connectivity index (χ1n) is 9.81. The second-order valence-corrected chi connectivity index (χ2v) is 8.52. The fraction of sp³-hybridized carbons (Fsp3) is 0.947. The van der Waals surface area contributed by atoms with E-state index in [4.69, 9.17) is 0 Å². The predicted molar refractivity (Wildman–Crippen MR) is 94.3 cm³/mol. The largest absolute Gasteiger partial charge is 0.345 e. The molecular formula is C19H39N3O+2. The summed E-state index contributed by atoms with van der Waals surface area (Å²) < 4.78 is 0. The minimum Gasteiger partial charge on any atom is -0.345 e. The number of carbonyl (C=O) groups is 1. The molecule has 0 saturated heterocycles. The molecule has 3 atom stereocenters. The molecule has 2 bridgehead atoms. The van der Waals surface area contributed by atoms with Gasteiger partial charge in [0.2, 0.25) is 0 Å². The Bertz CT molecular complexity index is 405. The molecule has 4 nitrogen and oxygen atoms in total. The Hall–Kier alpha value is -0.610. The molecule has 2 fully saturated rings. The first-order chi connectivity index (χ1) is 10.8. The molecule has 2 aliphatic carbocycles. The van der Waals surface area contributed by atoms with Gasteiger partial charge in [-0.05, 0) is 57.3 Å². The van der Waals surface area contributed by atoms with Gasteiger partial charge >= 0.3 is 0 Å². The lowest BCUT2D eigenvalue weighted by Gasteiger charge is -2.48. The van der Waals surface area contributed by atoms with Crippen molar-refractivity contribution in [3.05, 3.63) is 0 Å². The van der Waals surface area contributed by atoms with Gasteiger partial charge in [0.25, 0.3) is 5.91 Å². The lowest BCUT2D eigenvalue weighted by molar-refractivity contribution is -0.898. The van der Waals surface area contributed by atoms with Crippen LogP contribution in [-0.2, 0) is 4.79 Å². The molecule has 0 unspecified atom stereocenters. The van der Waals surface area contributed by atoms with Gasteiger partial charge in [-0.1, -0.05) is 13.8 Å². The zero-order chi connectivity index (χ0) is 17.1. The lowest BCUT2D eigenvalue weighted by Crippen LogP contribution is -3.11. The molecule has 0 aromatic rings. The van der Waals surface area contributed by atoms with Crippen molar-refractivity contribution in [1.82, 2.24) is 5.32 Å². The van der Waals surface area contributed by atoms with E-state index in [0.717, 1.165) is 12.5 Å². The third-order valence-electron chi connectivity index (χ3n) is 7.28. The molecule has 0 aliphatic heterocycles. The van der Waals surface area contributed by atoms with Gasteiger partial charge in [-0.3, -0.25) is 4.79 Å². The lowest BCUT2D eigenvalue weighted by atomic mass is 9.64. The maximum atomic E-state index is 12.4. The maximum absolute atomic E-state index is 12.4. The zero-order valence-electron chi connectivity index (χ0n) is 16.0. The van der Waals surface area contributed by atoms with Crippen molar-refractivity contribution >= 4 is 5.91 Å².